The molecule has 1 fully saturated rings. The molecule has 10 heteroatoms. The molecule has 2 aliphatic heterocycles. The average Bonchev–Trinajstić information content (AvgIpc) is 3.41. The molecule has 1 amide bonds. The van der Waals surface area contributed by atoms with Crippen molar-refractivity contribution in [1.29, 1.82) is 0 Å². The van der Waals surface area contributed by atoms with E-state index in [0.29, 0.717) is 49.2 Å². The number of aliphatic carboxylic acids is 1. The third-order valence-electron chi connectivity index (χ3n) is 8.91. The monoisotopic (exact) mass is 543 g/mol. The highest BCUT2D eigenvalue weighted by atomic mass is 19.3. The molecule has 2 aromatic carbocycles. The van der Waals surface area contributed by atoms with Crippen molar-refractivity contribution in [3.05, 3.63) is 47.0 Å². The highest BCUT2D eigenvalue weighted by molar-refractivity contribution is 5.90. The molecule has 0 unspecified atom stereocenters. The van der Waals surface area contributed by atoms with Crippen LogP contribution in [0.5, 0.6) is 23.0 Å². The summed E-state index contributed by atoms with van der Waals surface area (Å²) in [4.78, 5) is 25.3. The van der Waals surface area contributed by atoms with Crippen molar-refractivity contribution in [1.82, 2.24) is 5.32 Å². The van der Waals surface area contributed by atoms with E-state index >= 15 is 0 Å². The van der Waals surface area contributed by atoms with Crippen LogP contribution in [0.15, 0.2) is 30.3 Å². The maximum atomic E-state index is 13.9. The molecule has 3 atom stereocenters. The molecule has 39 heavy (non-hydrogen) atoms. The number of halogens is 2. The zero-order valence-corrected chi connectivity index (χ0v) is 21.8. The maximum Gasteiger partial charge on any atom is 0.586 e. The molecule has 0 radical (unpaired) electrons. The van der Waals surface area contributed by atoms with Crippen molar-refractivity contribution in [2.75, 3.05) is 7.11 Å². The van der Waals surface area contributed by atoms with Crippen LogP contribution in [0.3, 0.4) is 0 Å². The minimum atomic E-state index is -3.72. The number of carboxylic acids is 1. The fraction of sp³-hybridized carbons (Fsp3) is 0.517. The van der Waals surface area contributed by atoms with Gasteiger partial charge in [0, 0.05) is 18.1 Å². The van der Waals surface area contributed by atoms with Crippen LogP contribution >= 0.6 is 0 Å². The highest BCUT2D eigenvalue weighted by Crippen LogP contribution is 2.49. The molecular weight excluding hydrogens is 512 g/mol. The van der Waals surface area contributed by atoms with Gasteiger partial charge in [0.15, 0.2) is 11.5 Å². The number of methoxy groups -OCH3 is 1. The fourth-order valence-electron chi connectivity index (χ4n) is 6.60. The van der Waals surface area contributed by atoms with Gasteiger partial charge in [-0.15, -0.1) is 8.78 Å². The highest BCUT2D eigenvalue weighted by Gasteiger charge is 2.48. The third kappa shape index (κ3) is 4.53. The molecule has 0 spiro atoms. The van der Waals surface area contributed by atoms with Crippen molar-refractivity contribution >= 4 is 11.9 Å². The van der Waals surface area contributed by atoms with Gasteiger partial charge < -0.3 is 29.4 Å². The zero-order valence-electron chi connectivity index (χ0n) is 21.8. The Morgan fingerprint density at radius 3 is 2.46 bits per heavy atom. The first-order chi connectivity index (χ1) is 18.6. The predicted octanol–water partition coefficient (Wildman–Crippen LogP) is 5.12. The van der Waals surface area contributed by atoms with Gasteiger partial charge in [0.1, 0.15) is 17.6 Å². The molecule has 0 aromatic heterocycles. The lowest BCUT2D eigenvalue weighted by atomic mass is 9.76. The van der Waals surface area contributed by atoms with E-state index in [1.807, 2.05) is 25.1 Å². The summed E-state index contributed by atoms with van der Waals surface area (Å²) in [7, 11) is 1.58. The Bertz CT molecular complexity index is 1320. The summed E-state index contributed by atoms with van der Waals surface area (Å²) >= 11 is 0. The normalized spacial score (nSPS) is 30.1. The van der Waals surface area contributed by atoms with Crippen LogP contribution in [0.1, 0.15) is 68.2 Å². The van der Waals surface area contributed by atoms with Crippen LogP contribution in [0.4, 0.5) is 8.78 Å². The second-order valence-corrected chi connectivity index (χ2v) is 11.2. The number of carbonyl (C=O) groups is 2. The quantitative estimate of drug-likeness (QED) is 0.540. The molecule has 0 saturated heterocycles. The number of rotatable bonds is 5. The molecule has 6 rings (SSSR count). The molecule has 2 aromatic rings. The fourth-order valence-corrected chi connectivity index (χ4v) is 6.60. The lowest BCUT2D eigenvalue weighted by Crippen LogP contribution is -2.46. The summed E-state index contributed by atoms with van der Waals surface area (Å²) in [5.74, 6) is 0.0757. The van der Waals surface area contributed by atoms with Crippen molar-refractivity contribution in [3.63, 3.8) is 0 Å². The Morgan fingerprint density at radius 1 is 1.05 bits per heavy atom. The minimum Gasteiger partial charge on any atom is -0.497 e. The van der Waals surface area contributed by atoms with Gasteiger partial charge in [-0.25, -0.2) is 0 Å². The molecule has 0 bridgehead atoms. The number of fused-ring (bicyclic) bond motifs is 3. The number of benzene rings is 2. The van der Waals surface area contributed by atoms with Crippen LogP contribution in [-0.4, -0.2) is 36.5 Å². The van der Waals surface area contributed by atoms with Crippen LogP contribution in [0.2, 0.25) is 0 Å². The van der Waals surface area contributed by atoms with Crippen LogP contribution < -0.4 is 24.3 Å². The number of carboxylic acid groups (broad SMARTS) is 1. The molecule has 4 aliphatic rings. The lowest BCUT2D eigenvalue weighted by molar-refractivity contribution is -0.286. The van der Waals surface area contributed by atoms with Gasteiger partial charge in [-0.05, 0) is 86.8 Å². The first-order valence-corrected chi connectivity index (χ1v) is 13.4. The molecule has 2 aliphatic carbocycles. The van der Waals surface area contributed by atoms with Gasteiger partial charge in [0.05, 0.1) is 24.5 Å². The van der Waals surface area contributed by atoms with Gasteiger partial charge in [0.2, 0.25) is 5.91 Å². The van der Waals surface area contributed by atoms with Crippen LogP contribution in [0.25, 0.3) is 0 Å². The lowest BCUT2D eigenvalue weighted by Gasteiger charge is -2.40. The molecule has 2 heterocycles. The van der Waals surface area contributed by atoms with Gasteiger partial charge in [-0.1, -0.05) is 0 Å². The number of nitrogens with one attached hydrogen (secondary N) is 1. The molecular formula is C29H31F2NO7. The summed E-state index contributed by atoms with van der Waals surface area (Å²) < 4.78 is 48.4. The van der Waals surface area contributed by atoms with E-state index in [-0.39, 0.29) is 41.4 Å². The Balaban J connectivity index is 1.25. The van der Waals surface area contributed by atoms with Crippen molar-refractivity contribution in [2.45, 2.75) is 75.7 Å². The largest absolute Gasteiger partial charge is 0.586 e. The summed E-state index contributed by atoms with van der Waals surface area (Å²) in [6.07, 6.45) is 0.398. The maximum absolute atomic E-state index is 13.9. The number of alkyl halides is 2. The van der Waals surface area contributed by atoms with Crippen molar-refractivity contribution in [3.8, 4) is 23.0 Å². The van der Waals surface area contributed by atoms with Crippen LogP contribution in [0, 0.1) is 11.8 Å². The first kappa shape index (κ1) is 25.7. The first-order valence-electron chi connectivity index (χ1n) is 13.4. The SMILES string of the molecule is COc1ccc2c(c1)O[C@@H]([C@H]1CC[C@H](C(=O)O)CC1)C[C@H]2NC(=O)[C@@]1(C)CCc2cc3c(cc21)OC(F)(F)O3. The van der Waals surface area contributed by atoms with Gasteiger partial charge in [-0.3, -0.25) is 9.59 Å². The number of carbonyl (C=O) groups excluding carboxylic acids is 1. The van der Waals surface area contributed by atoms with E-state index in [2.05, 4.69) is 14.8 Å². The zero-order chi connectivity index (χ0) is 27.5. The molecule has 1 saturated carbocycles. The number of hydrogen-bond donors (Lipinski definition) is 2. The van der Waals surface area contributed by atoms with Crippen molar-refractivity contribution < 1.29 is 42.4 Å². The van der Waals surface area contributed by atoms with E-state index in [9.17, 15) is 23.5 Å². The second-order valence-electron chi connectivity index (χ2n) is 11.2. The van der Waals surface area contributed by atoms with Crippen molar-refractivity contribution in [2.24, 2.45) is 11.8 Å². The minimum absolute atomic E-state index is 0.0174. The van der Waals surface area contributed by atoms with E-state index in [1.54, 1.807) is 13.2 Å². The number of hydrogen-bond acceptors (Lipinski definition) is 6. The molecule has 8 nitrogen and oxygen atoms in total. The van der Waals surface area contributed by atoms with E-state index in [4.69, 9.17) is 9.47 Å². The van der Waals surface area contributed by atoms with Gasteiger partial charge >= 0.3 is 12.3 Å². The summed E-state index contributed by atoms with van der Waals surface area (Å²) in [6, 6.07) is 8.24. The summed E-state index contributed by atoms with van der Waals surface area (Å²) in [5, 5.41) is 12.6. The predicted molar refractivity (Wildman–Crippen MR) is 134 cm³/mol. The summed E-state index contributed by atoms with van der Waals surface area (Å²) in [6.45, 7) is 1.83. The Kier molecular flexibility index (Phi) is 6.11. The van der Waals surface area contributed by atoms with E-state index in [1.165, 1.54) is 6.07 Å². The van der Waals surface area contributed by atoms with E-state index in [0.717, 1.165) is 24.0 Å². The average molecular weight is 544 g/mol. The standard InChI is InChI=1S/C29H31F2NO7/c1-28(10-9-17-11-24-25(13-20(17)28)39-29(30,31)38-24)27(35)32-21-14-22(15-3-5-16(6-4-15)26(33)34)37-23-12-18(36-2)7-8-19(21)23/h7-8,11-13,15-16,21-22H,3-6,9-10,14H2,1-2H3,(H,32,35)(H,33,34)/t15-,16-,21-,22-,28+/m1/s1. The number of ether oxygens (including phenoxy) is 4. The summed E-state index contributed by atoms with van der Waals surface area (Å²) in [5.41, 5.74) is 1.35. The van der Waals surface area contributed by atoms with E-state index < -0.39 is 17.7 Å². The molecule has 2 N–H and O–H groups in total. The van der Waals surface area contributed by atoms with Gasteiger partial charge in [0.25, 0.3) is 0 Å². The number of aryl methyl sites for hydroxylation is 1. The smallest absolute Gasteiger partial charge is 0.497 e. The topological polar surface area (TPSA) is 103 Å². The Hall–Kier alpha value is -3.56. The Morgan fingerprint density at radius 2 is 1.77 bits per heavy atom. The Labute approximate surface area is 224 Å². The molecule has 208 valence electrons. The number of amides is 1. The van der Waals surface area contributed by atoms with Gasteiger partial charge in [-0.2, -0.15) is 0 Å². The third-order valence-corrected chi connectivity index (χ3v) is 8.91. The second kappa shape index (κ2) is 9.27. The van der Waals surface area contributed by atoms with Crippen LogP contribution in [-0.2, 0) is 21.4 Å².